The molecule has 1 aromatic carbocycles. The molecule has 0 fully saturated rings. The van der Waals surface area contributed by atoms with Crippen LogP contribution in [-0.2, 0) is 16.1 Å². The van der Waals surface area contributed by atoms with Gasteiger partial charge < -0.3 is 19.0 Å². The highest BCUT2D eigenvalue weighted by atomic mass is 16.5. The molecular weight excluding hydrogens is 324 g/mol. The van der Waals surface area contributed by atoms with Crippen LogP contribution in [0.5, 0.6) is 0 Å². The zero-order chi connectivity index (χ0) is 17.8. The highest BCUT2D eigenvalue weighted by molar-refractivity contribution is 6.03. The van der Waals surface area contributed by atoms with E-state index in [1.807, 2.05) is 0 Å². The van der Waals surface area contributed by atoms with Crippen molar-refractivity contribution < 1.29 is 18.7 Å². The summed E-state index contributed by atoms with van der Waals surface area (Å²) in [7, 11) is 1.58. The molecule has 7 heteroatoms. The molecule has 1 amide bonds. The minimum Gasteiger partial charge on any atom is -0.467 e. The standard InChI is InChI=1S/C18H16N2O5/c1-20(10-12-5-4-8-24-12)17(22)11-25-18(23)14-9-16(21)19-15-7-3-2-6-13(14)15/h2-9H,10-11H2,1H3,(H,19,21). The first-order valence-corrected chi connectivity index (χ1v) is 7.60. The molecule has 0 spiro atoms. The van der Waals surface area contributed by atoms with E-state index in [0.29, 0.717) is 16.7 Å². The Morgan fingerprint density at radius 2 is 2.00 bits per heavy atom. The minimum absolute atomic E-state index is 0.126. The summed E-state index contributed by atoms with van der Waals surface area (Å²) in [5.74, 6) is -0.469. The Bertz CT molecular complexity index is 959. The van der Waals surface area contributed by atoms with Gasteiger partial charge in [0.05, 0.1) is 18.4 Å². The summed E-state index contributed by atoms with van der Waals surface area (Å²) in [4.78, 5) is 40.1. The number of hydrogen-bond donors (Lipinski definition) is 1. The molecule has 0 aliphatic carbocycles. The van der Waals surface area contributed by atoms with E-state index >= 15 is 0 Å². The molecule has 0 aliphatic rings. The van der Waals surface area contributed by atoms with Gasteiger partial charge in [-0.15, -0.1) is 0 Å². The number of fused-ring (bicyclic) bond motifs is 1. The van der Waals surface area contributed by atoms with E-state index in [4.69, 9.17) is 9.15 Å². The van der Waals surface area contributed by atoms with Crippen LogP contribution in [0.3, 0.4) is 0 Å². The second-order valence-electron chi connectivity index (χ2n) is 5.50. The largest absolute Gasteiger partial charge is 0.467 e. The van der Waals surface area contributed by atoms with Gasteiger partial charge in [-0.3, -0.25) is 9.59 Å². The first-order valence-electron chi connectivity index (χ1n) is 7.60. The molecule has 0 bridgehead atoms. The number of carbonyl (C=O) groups excluding carboxylic acids is 2. The van der Waals surface area contributed by atoms with Crippen molar-refractivity contribution in [2.24, 2.45) is 0 Å². The number of rotatable bonds is 5. The van der Waals surface area contributed by atoms with Crippen LogP contribution in [0, 0.1) is 0 Å². The smallest absolute Gasteiger partial charge is 0.339 e. The number of likely N-dealkylation sites (N-methyl/N-ethyl adjacent to an activating group) is 1. The van der Waals surface area contributed by atoms with Gasteiger partial charge in [-0.2, -0.15) is 0 Å². The second kappa shape index (κ2) is 7.04. The number of aromatic amines is 1. The number of nitrogens with zero attached hydrogens (tertiary/aromatic N) is 1. The Labute approximate surface area is 142 Å². The van der Waals surface area contributed by atoms with Crippen molar-refractivity contribution in [3.63, 3.8) is 0 Å². The monoisotopic (exact) mass is 340 g/mol. The van der Waals surface area contributed by atoms with Crippen LogP contribution in [0.4, 0.5) is 0 Å². The molecule has 0 aliphatic heterocycles. The average molecular weight is 340 g/mol. The number of ether oxygens (including phenoxy) is 1. The maximum Gasteiger partial charge on any atom is 0.339 e. The maximum atomic E-state index is 12.3. The van der Waals surface area contributed by atoms with Gasteiger partial charge in [0, 0.05) is 24.0 Å². The summed E-state index contributed by atoms with van der Waals surface area (Å²) >= 11 is 0. The lowest BCUT2D eigenvalue weighted by atomic mass is 10.1. The Kier molecular flexibility index (Phi) is 4.65. The Balaban J connectivity index is 1.68. The molecule has 2 aromatic heterocycles. The number of benzene rings is 1. The Hall–Kier alpha value is -3.35. The number of hydrogen-bond acceptors (Lipinski definition) is 5. The fourth-order valence-electron chi connectivity index (χ4n) is 2.41. The molecular formula is C18H16N2O5. The van der Waals surface area contributed by atoms with Gasteiger partial charge in [0.1, 0.15) is 5.76 Å². The first-order chi connectivity index (χ1) is 12.0. The van der Waals surface area contributed by atoms with Crippen LogP contribution in [0.2, 0.25) is 0 Å². The topological polar surface area (TPSA) is 92.6 Å². The molecule has 2 heterocycles. The predicted molar refractivity (Wildman–Crippen MR) is 90.0 cm³/mol. The van der Waals surface area contributed by atoms with E-state index in [-0.39, 0.29) is 18.0 Å². The molecule has 25 heavy (non-hydrogen) atoms. The van der Waals surface area contributed by atoms with Crippen LogP contribution in [0.15, 0.2) is 57.9 Å². The third-order valence-electron chi connectivity index (χ3n) is 3.70. The van der Waals surface area contributed by atoms with Crippen molar-refractivity contribution >= 4 is 22.8 Å². The van der Waals surface area contributed by atoms with Gasteiger partial charge >= 0.3 is 5.97 Å². The van der Waals surface area contributed by atoms with Crippen LogP contribution >= 0.6 is 0 Å². The van der Waals surface area contributed by atoms with Crippen molar-refractivity contribution in [1.29, 1.82) is 0 Å². The molecule has 0 atom stereocenters. The van der Waals surface area contributed by atoms with Crippen molar-refractivity contribution in [3.05, 3.63) is 70.4 Å². The number of H-pyrrole nitrogens is 1. The van der Waals surface area contributed by atoms with Crippen LogP contribution in [-0.4, -0.2) is 35.4 Å². The van der Waals surface area contributed by atoms with Gasteiger partial charge in [-0.05, 0) is 18.2 Å². The van der Waals surface area contributed by atoms with E-state index in [0.717, 1.165) is 0 Å². The lowest BCUT2D eigenvalue weighted by Gasteiger charge is -2.15. The molecule has 0 radical (unpaired) electrons. The third kappa shape index (κ3) is 3.77. The molecule has 7 nitrogen and oxygen atoms in total. The van der Waals surface area contributed by atoms with E-state index in [1.54, 1.807) is 43.4 Å². The Morgan fingerprint density at radius 3 is 2.76 bits per heavy atom. The number of aromatic nitrogens is 1. The molecule has 0 saturated heterocycles. The number of amides is 1. The van der Waals surface area contributed by atoms with Crippen LogP contribution < -0.4 is 5.56 Å². The van der Waals surface area contributed by atoms with Crippen LogP contribution in [0.1, 0.15) is 16.1 Å². The number of nitrogens with one attached hydrogen (secondary N) is 1. The van der Waals surface area contributed by atoms with E-state index < -0.39 is 18.1 Å². The normalized spacial score (nSPS) is 10.6. The first kappa shape index (κ1) is 16.5. The van der Waals surface area contributed by atoms with Crippen molar-refractivity contribution in [2.75, 3.05) is 13.7 Å². The molecule has 128 valence electrons. The van der Waals surface area contributed by atoms with E-state index in [9.17, 15) is 14.4 Å². The zero-order valence-electron chi connectivity index (χ0n) is 13.5. The highest BCUT2D eigenvalue weighted by Crippen LogP contribution is 2.15. The highest BCUT2D eigenvalue weighted by Gasteiger charge is 2.17. The number of carbonyl (C=O) groups is 2. The van der Waals surface area contributed by atoms with Crippen molar-refractivity contribution in [3.8, 4) is 0 Å². The summed E-state index contributed by atoms with van der Waals surface area (Å²) in [6.45, 7) is -0.144. The molecule has 3 aromatic rings. The average Bonchev–Trinajstić information content (AvgIpc) is 3.11. The van der Waals surface area contributed by atoms with Crippen molar-refractivity contribution in [1.82, 2.24) is 9.88 Å². The Morgan fingerprint density at radius 1 is 1.20 bits per heavy atom. The van der Waals surface area contributed by atoms with Crippen LogP contribution in [0.25, 0.3) is 10.9 Å². The lowest BCUT2D eigenvalue weighted by molar-refractivity contribution is -0.133. The summed E-state index contributed by atoms with van der Waals surface area (Å²) < 4.78 is 10.3. The summed E-state index contributed by atoms with van der Waals surface area (Å²) in [5.41, 5.74) is 0.246. The molecule has 0 saturated carbocycles. The molecule has 1 N–H and O–H groups in total. The minimum atomic E-state index is -0.720. The van der Waals surface area contributed by atoms with Crippen molar-refractivity contribution in [2.45, 2.75) is 6.54 Å². The van der Waals surface area contributed by atoms with Gasteiger partial charge in [-0.25, -0.2) is 4.79 Å². The van der Waals surface area contributed by atoms with Gasteiger partial charge in [0.2, 0.25) is 5.56 Å². The summed E-state index contributed by atoms with van der Waals surface area (Å²) in [5, 5.41) is 0.559. The van der Waals surface area contributed by atoms with Gasteiger partial charge in [0.15, 0.2) is 6.61 Å². The zero-order valence-corrected chi connectivity index (χ0v) is 13.5. The summed E-state index contributed by atoms with van der Waals surface area (Å²) in [6.07, 6.45) is 1.52. The second-order valence-corrected chi connectivity index (χ2v) is 5.50. The predicted octanol–water partition coefficient (Wildman–Crippen LogP) is 1.94. The van der Waals surface area contributed by atoms with Gasteiger partial charge in [0.25, 0.3) is 5.91 Å². The number of esters is 1. The molecule has 3 rings (SSSR count). The summed E-state index contributed by atoms with van der Waals surface area (Å²) in [6, 6.07) is 11.5. The number of furan rings is 1. The number of para-hydroxylation sites is 1. The van der Waals surface area contributed by atoms with E-state index in [1.165, 1.54) is 17.2 Å². The maximum absolute atomic E-state index is 12.3. The third-order valence-corrected chi connectivity index (χ3v) is 3.70. The molecule has 0 unspecified atom stereocenters. The van der Waals surface area contributed by atoms with Gasteiger partial charge in [-0.1, -0.05) is 18.2 Å². The quantitative estimate of drug-likeness (QED) is 0.717. The fraction of sp³-hybridized carbons (Fsp3) is 0.167. The fourth-order valence-corrected chi connectivity index (χ4v) is 2.41. The van der Waals surface area contributed by atoms with E-state index in [2.05, 4.69) is 4.98 Å². The SMILES string of the molecule is CN(Cc1ccco1)C(=O)COC(=O)c1cc(=O)[nH]c2ccccc12. The number of pyridine rings is 1. The lowest BCUT2D eigenvalue weighted by Crippen LogP contribution is -2.30.